The Hall–Kier alpha value is -1.65. The van der Waals surface area contributed by atoms with Crippen molar-refractivity contribution in [3.63, 3.8) is 0 Å². The van der Waals surface area contributed by atoms with Gasteiger partial charge in [0.1, 0.15) is 5.82 Å². The van der Waals surface area contributed by atoms with Crippen LogP contribution in [-0.4, -0.2) is 33.4 Å². The van der Waals surface area contributed by atoms with Crippen molar-refractivity contribution in [2.45, 2.75) is 57.9 Å². The molecule has 5 heteroatoms. The van der Waals surface area contributed by atoms with Gasteiger partial charge in [0, 0.05) is 18.5 Å². The third-order valence-corrected chi connectivity index (χ3v) is 4.81. The van der Waals surface area contributed by atoms with Crippen molar-refractivity contribution in [1.82, 2.24) is 14.9 Å². The lowest BCUT2D eigenvalue weighted by molar-refractivity contribution is 0.0543. The van der Waals surface area contributed by atoms with Crippen molar-refractivity contribution in [2.24, 2.45) is 5.92 Å². The third kappa shape index (κ3) is 2.61. The molecule has 1 aromatic rings. The summed E-state index contributed by atoms with van der Waals surface area (Å²) in [7, 11) is 0. The molecule has 2 N–H and O–H groups in total. The zero-order chi connectivity index (χ0) is 15.0. The van der Waals surface area contributed by atoms with Gasteiger partial charge in [-0.2, -0.15) is 0 Å². The molecule has 1 saturated heterocycles. The van der Waals surface area contributed by atoms with Gasteiger partial charge >= 0.3 is 0 Å². The fourth-order valence-corrected chi connectivity index (χ4v) is 3.70. The van der Waals surface area contributed by atoms with Gasteiger partial charge in [-0.15, -0.1) is 0 Å². The molecule has 2 unspecified atom stereocenters. The van der Waals surface area contributed by atoms with E-state index in [0.29, 0.717) is 29.2 Å². The van der Waals surface area contributed by atoms with Crippen molar-refractivity contribution in [3.05, 3.63) is 17.7 Å². The Morgan fingerprint density at radius 3 is 2.86 bits per heavy atom. The SMILES string of the molecule is CC(C)c1ncc(N)c(C(=O)N2CCCC3CCCC32)n1. The summed E-state index contributed by atoms with van der Waals surface area (Å²) >= 11 is 0. The first-order valence-corrected chi connectivity index (χ1v) is 8.01. The van der Waals surface area contributed by atoms with Gasteiger partial charge in [-0.1, -0.05) is 20.3 Å². The molecule has 1 aliphatic heterocycles. The molecule has 2 heterocycles. The number of amides is 1. The molecule has 3 rings (SSSR count). The zero-order valence-corrected chi connectivity index (χ0v) is 12.9. The number of aromatic nitrogens is 2. The predicted octanol–water partition coefficient (Wildman–Crippen LogP) is 2.59. The molecular weight excluding hydrogens is 264 g/mol. The number of nitrogens with two attached hydrogens (primary N) is 1. The number of likely N-dealkylation sites (tertiary alicyclic amines) is 1. The Bertz CT molecular complexity index is 543. The van der Waals surface area contributed by atoms with Crippen molar-refractivity contribution >= 4 is 11.6 Å². The van der Waals surface area contributed by atoms with Crippen molar-refractivity contribution < 1.29 is 4.79 Å². The van der Waals surface area contributed by atoms with Gasteiger partial charge < -0.3 is 10.6 Å². The van der Waals surface area contributed by atoms with E-state index in [2.05, 4.69) is 9.97 Å². The standard InChI is InChI=1S/C16H24N4O/c1-10(2)15-18-9-12(17)14(19-15)16(21)20-8-4-6-11-5-3-7-13(11)20/h9-11,13H,3-8,17H2,1-2H3. The average molecular weight is 288 g/mol. The maximum absolute atomic E-state index is 12.9. The van der Waals surface area contributed by atoms with Gasteiger partial charge in [-0.25, -0.2) is 9.97 Å². The van der Waals surface area contributed by atoms with E-state index in [1.54, 1.807) is 6.20 Å². The van der Waals surface area contributed by atoms with Crippen LogP contribution in [0.4, 0.5) is 5.69 Å². The van der Waals surface area contributed by atoms with Gasteiger partial charge in [0.25, 0.3) is 5.91 Å². The number of fused-ring (bicyclic) bond motifs is 1. The second-order valence-corrected chi connectivity index (χ2v) is 6.59. The minimum absolute atomic E-state index is 0.00611. The molecule has 2 atom stereocenters. The summed E-state index contributed by atoms with van der Waals surface area (Å²) in [4.78, 5) is 23.6. The molecule has 1 amide bonds. The second-order valence-electron chi connectivity index (χ2n) is 6.59. The maximum Gasteiger partial charge on any atom is 0.274 e. The third-order valence-electron chi connectivity index (χ3n) is 4.81. The Balaban J connectivity index is 1.89. The van der Waals surface area contributed by atoms with Crippen LogP contribution in [0.15, 0.2) is 6.20 Å². The molecule has 21 heavy (non-hydrogen) atoms. The number of nitrogen functional groups attached to an aromatic ring is 1. The highest BCUT2D eigenvalue weighted by atomic mass is 16.2. The minimum Gasteiger partial charge on any atom is -0.396 e. The first kappa shape index (κ1) is 14.3. The van der Waals surface area contributed by atoms with E-state index < -0.39 is 0 Å². The largest absolute Gasteiger partial charge is 0.396 e. The second kappa shape index (κ2) is 5.62. The molecule has 5 nitrogen and oxygen atoms in total. The van der Waals surface area contributed by atoms with Crippen LogP contribution in [0.25, 0.3) is 0 Å². The van der Waals surface area contributed by atoms with E-state index in [0.717, 1.165) is 19.4 Å². The summed E-state index contributed by atoms with van der Waals surface area (Å²) in [6, 6.07) is 0.392. The number of hydrogen-bond donors (Lipinski definition) is 1. The highest BCUT2D eigenvalue weighted by molar-refractivity contribution is 5.97. The normalized spacial score (nSPS) is 25.2. The van der Waals surface area contributed by atoms with Gasteiger partial charge in [-0.3, -0.25) is 4.79 Å². The van der Waals surface area contributed by atoms with E-state index in [1.165, 1.54) is 19.3 Å². The molecule has 1 aliphatic carbocycles. The number of rotatable bonds is 2. The Kier molecular flexibility index (Phi) is 3.83. The number of carbonyl (C=O) groups is 1. The quantitative estimate of drug-likeness (QED) is 0.908. The van der Waals surface area contributed by atoms with Crippen LogP contribution in [0.5, 0.6) is 0 Å². The van der Waals surface area contributed by atoms with Crippen molar-refractivity contribution in [2.75, 3.05) is 12.3 Å². The van der Waals surface area contributed by atoms with Crippen molar-refractivity contribution in [3.8, 4) is 0 Å². The summed E-state index contributed by atoms with van der Waals surface area (Å²) in [5, 5.41) is 0. The van der Waals surface area contributed by atoms with E-state index >= 15 is 0 Å². The van der Waals surface area contributed by atoms with Crippen LogP contribution in [0, 0.1) is 5.92 Å². The van der Waals surface area contributed by atoms with Crippen LogP contribution in [0.1, 0.15) is 68.2 Å². The highest BCUT2D eigenvalue weighted by Crippen LogP contribution is 2.37. The molecule has 2 aliphatic rings. The average Bonchev–Trinajstić information content (AvgIpc) is 2.95. The van der Waals surface area contributed by atoms with Gasteiger partial charge in [0.05, 0.1) is 11.9 Å². The Labute approximate surface area is 125 Å². The fourth-order valence-electron chi connectivity index (χ4n) is 3.70. The lowest BCUT2D eigenvalue weighted by Crippen LogP contribution is -2.46. The fraction of sp³-hybridized carbons (Fsp3) is 0.688. The monoisotopic (exact) mass is 288 g/mol. The number of carbonyl (C=O) groups excluding carboxylic acids is 1. The highest BCUT2D eigenvalue weighted by Gasteiger charge is 2.38. The van der Waals surface area contributed by atoms with Crippen LogP contribution < -0.4 is 5.73 Å². The molecule has 0 bridgehead atoms. The molecule has 114 valence electrons. The van der Waals surface area contributed by atoms with Gasteiger partial charge in [0.15, 0.2) is 5.69 Å². The molecule has 2 fully saturated rings. The number of nitrogens with zero attached hydrogens (tertiary/aromatic N) is 3. The summed E-state index contributed by atoms with van der Waals surface area (Å²) in [6.07, 6.45) is 7.53. The topological polar surface area (TPSA) is 72.1 Å². The smallest absolute Gasteiger partial charge is 0.274 e. The maximum atomic E-state index is 12.9. The Morgan fingerprint density at radius 1 is 1.33 bits per heavy atom. The lowest BCUT2D eigenvalue weighted by Gasteiger charge is -2.37. The summed E-state index contributed by atoms with van der Waals surface area (Å²) in [6.45, 7) is 4.88. The summed E-state index contributed by atoms with van der Waals surface area (Å²) < 4.78 is 0. The Morgan fingerprint density at radius 2 is 2.10 bits per heavy atom. The molecule has 0 aromatic carbocycles. The number of piperidine rings is 1. The zero-order valence-electron chi connectivity index (χ0n) is 12.9. The van der Waals surface area contributed by atoms with E-state index in [4.69, 9.17) is 5.73 Å². The lowest BCUT2D eigenvalue weighted by atomic mass is 9.91. The predicted molar refractivity (Wildman–Crippen MR) is 81.9 cm³/mol. The van der Waals surface area contributed by atoms with E-state index in [1.807, 2.05) is 18.7 Å². The van der Waals surface area contributed by atoms with Crippen LogP contribution in [-0.2, 0) is 0 Å². The van der Waals surface area contributed by atoms with Crippen molar-refractivity contribution in [1.29, 1.82) is 0 Å². The summed E-state index contributed by atoms with van der Waals surface area (Å²) in [5.74, 6) is 1.55. The molecule has 0 radical (unpaired) electrons. The summed E-state index contributed by atoms with van der Waals surface area (Å²) in [5.41, 5.74) is 6.74. The van der Waals surface area contributed by atoms with E-state index in [9.17, 15) is 4.79 Å². The van der Waals surface area contributed by atoms with Gasteiger partial charge in [-0.05, 0) is 31.6 Å². The molecule has 0 spiro atoms. The molecular formula is C16H24N4O. The van der Waals surface area contributed by atoms with Crippen LogP contribution >= 0.6 is 0 Å². The number of hydrogen-bond acceptors (Lipinski definition) is 4. The first-order valence-electron chi connectivity index (χ1n) is 8.01. The van der Waals surface area contributed by atoms with Crippen LogP contribution in [0.2, 0.25) is 0 Å². The first-order chi connectivity index (χ1) is 10.1. The molecule has 1 aromatic heterocycles. The number of anilines is 1. The van der Waals surface area contributed by atoms with Gasteiger partial charge in [0.2, 0.25) is 0 Å². The van der Waals surface area contributed by atoms with E-state index in [-0.39, 0.29) is 11.8 Å². The van der Waals surface area contributed by atoms with Crippen LogP contribution in [0.3, 0.4) is 0 Å². The minimum atomic E-state index is -0.00611. The molecule has 1 saturated carbocycles.